The summed E-state index contributed by atoms with van der Waals surface area (Å²) in [4.78, 5) is 46.2. The molecule has 0 aliphatic heterocycles. The van der Waals surface area contributed by atoms with E-state index in [9.17, 15) is 19.7 Å². The van der Waals surface area contributed by atoms with Gasteiger partial charge in [-0.3, -0.25) is 10.1 Å². The maximum Gasteiger partial charge on any atom is 0.338 e. The van der Waals surface area contributed by atoms with Crippen molar-refractivity contribution in [1.82, 2.24) is 0 Å². The minimum atomic E-state index is -0.430. The lowest BCUT2D eigenvalue weighted by Gasteiger charge is -2.18. The van der Waals surface area contributed by atoms with Gasteiger partial charge < -0.3 is 9.68 Å². The fourth-order valence-electron chi connectivity index (χ4n) is 5.14. The molecule has 0 spiro atoms. The van der Waals surface area contributed by atoms with E-state index in [1.54, 1.807) is 19.1 Å². The number of nitro benzene ring substituents is 1. The molecule has 9 heteroatoms. The van der Waals surface area contributed by atoms with Crippen molar-refractivity contribution in [1.29, 1.82) is 0 Å². The second kappa shape index (κ2) is 13.8. The van der Waals surface area contributed by atoms with E-state index in [4.69, 9.17) is 9.68 Å². The van der Waals surface area contributed by atoms with Gasteiger partial charge in [-0.2, -0.15) is 0 Å². The monoisotopic (exact) mass is 533 g/mol. The SMILES string of the molecule is C/C(C/C(=N/OC(=O)C1CCCCC1)c1ccc(-c2ccc([N+](=O)[O-])cc2)cc1)=N\OC(=O)C1CCCCC1. The number of hydrogen-bond acceptors (Lipinski definition) is 8. The molecule has 2 aromatic rings. The molecule has 0 amide bonds. The summed E-state index contributed by atoms with van der Waals surface area (Å²) >= 11 is 0. The van der Waals surface area contributed by atoms with E-state index < -0.39 is 4.92 Å². The third kappa shape index (κ3) is 8.05. The first-order valence-corrected chi connectivity index (χ1v) is 13.8. The quantitative estimate of drug-likeness (QED) is 0.148. The first kappa shape index (κ1) is 28.1. The van der Waals surface area contributed by atoms with Crippen molar-refractivity contribution >= 4 is 29.0 Å². The highest BCUT2D eigenvalue weighted by Gasteiger charge is 2.24. The summed E-state index contributed by atoms with van der Waals surface area (Å²) in [6.07, 6.45) is 9.88. The Morgan fingerprint density at radius 3 is 1.72 bits per heavy atom. The molecule has 39 heavy (non-hydrogen) atoms. The molecule has 0 unspecified atom stereocenters. The van der Waals surface area contributed by atoms with Gasteiger partial charge in [-0.15, -0.1) is 0 Å². The number of nitrogens with zero attached hydrogens (tertiary/aromatic N) is 3. The van der Waals surface area contributed by atoms with Crippen molar-refractivity contribution in [3.63, 3.8) is 0 Å². The molecule has 2 saturated carbocycles. The number of carbonyl (C=O) groups is 2. The summed E-state index contributed by atoms with van der Waals surface area (Å²) in [5.41, 5.74) is 3.49. The van der Waals surface area contributed by atoms with Gasteiger partial charge in [0, 0.05) is 18.6 Å². The molecule has 2 aromatic carbocycles. The van der Waals surface area contributed by atoms with Gasteiger partial charge in [0.25, 0.3) is 5.69 Å². The van der Waals surface area contributed by atoms with Crippen LogP contribution in [-0.2, 0) is 19.3 Å². The topological polar surface area (TPSA) is 120 Å². The standard InChI is InChI=1S/C30H35N3O6/c1-21(31-38-29(34)25-8-4-2-5-9-25)20-28(32-39-30(35)26-10-6-3-7-11-26)24-14-12-22(13-15-24)23-16-18-27(19-17-23)33(36)37/h12-19,25-26H,2-11,20H2,1H3/b31-21+,32-28-. The molecule has 0 radical (unpaired) electrons. The second-order valence-corrected chi connectivity index (χ2v) is 10.4. The number of carbonyl (C=O) groups excluding carboxylic acids is 2. The molecule has 9 nitrogen and oxygen atoms in total. The Labute approximate surface area is 228 Å². The third-order valence-electron chi connectivity index (χ3n) is 7.47. The van der Waals surface area contributed by atoms with Gasteiger partial charge in [-0.05, 0) is 61.4 Å². The molecule has 2 aliphatic rings. The number of nitro groups is 1. The lowest BCUT2D eigenvalue weighted by atomic mass is 9.89. The van der Waals surface area contributed by atoms with Crippen LogP contribution in [0.3, 0.4) is 0 Å². The van der Waals surface area contributed by atoms with Crippen molar-refractivity contribution < 1.29 is 24.2 Å². The molecule has 2 aliphatic carbocycles. The van der Waals surface area contributed by atoms with Crippen molar-refractivity contribution in [2.45, 2.75) is 77.6 Å². The van der Waals surface area contributed by atoms with Crippen molar-refractivity contribution in [2.75, 3.05) is 0 Å². The zero-order valence-electron chi connectivity index (χ0n) is 22.3. The maximum absolute atomic E-state index is 12.6. The number of benzene rings is 2. The second-order valence-electron chi connectivity index (χ2n) is 10.4. The molecular formula is C30H35N3O6. The molecule has 4 rings (SSSR count). The summed E-state index contributed by atoms with van der Waals surface area (Å²) < 4.78 is 0. The molecule has 2 fully saturated rings. The summed E-state index contributed by atoms with van der Waals surface area (Å²) in [6, 6.07) is 13.8. The smallest absolute Gasteiger partial charge is 0.318 e. The Balaban J connectivity index is 1.49. The van der Waals surface area contributed by atoms with Gasteiger partial charge in [0.05, 0.1) is 28.2 Å². The highest BCUT2D eigenvalue weighted by molar-refractivity contribution is 6.12. The summed E-state index contributed by atoms with van der Waals surface area (Å²) in [6.45, 7) is 1.75. The van der Waals surface area contributed by atoms with Crippen molar-refractivity contribution in [2.24, 2.45) is 22.1 Å². The van der Waals surface area contributed by atoms with Gasteiger partial charge >= 0.3 is 11.9 Å². The third-order valence-corrected chi connectivity index (χ3v) is 7.47. The Hall–Kier alpha value is -3.88. The highest BCUT2D eigenvalue weighted by Crippen LogP contribution is 2.27. The van der Waals surface area contributed by atoms with Crippen LogP contribution in [0.15, 0.2) is 58.8 Å². The molecule has 0 atom stereocenters. The van der Waals surface area contributed by atoms with E-state index >= 15 is 0 Å². The average molecular weight is 534 g/mol. The molecule has 0 bridgehead atoms. The lowest BCUT2D eigenvalue weighted by molar-refractivity contribution is -0.384. The minimum absolute atomic E-state index is 0.0310. The van der Waals surface area contributed by atoms with Crippen LogP contribution >= 0.6 is 0 Å². The zero-order chi connectivity index (χ0) is 27.6. The Bertz CT molecular complexity index is 1210. The van der Waals surface area contributed by atoms with Crippen LogP contribution in [0.2, 0.25) is 0 Å². The van der Waals surface area contributed by atoms with Crippen LogP contribution in [0.5, 0.6) is 0 Å². The van der Waals surface area contributed by atoms with E-state index in [1.807, 2.05) is 24.3 Å². The van der Waals surface area contributed by atoms with Crippen LogP contribution in [0.1, 0.15) is 83.1 Å². The van der Waals surface area contributed by atoms with Gasteiger partial charge in [0.2, 0.25) is 0 Å². The predicted molar refractivity (Wildman–Crippen MR) is 148 cm³/mol. The van der Waals surface area contributed by atoms with E-state index in [-0.39, 0.29) is 35.9 Å². The Morgan fingerprint density at radius 1 is 0.769 bits per heavy atom. The van der Waals surface area contributed by atoms with Gasteiger partial charge in [-0.1, -0.05) is 73.1 Å². The van der Waals surface area contributed by atoms with E-state index in [1.165, 1.54) is 12.1 Å². The number of hydrogen-bond donors (Lipinski definition) is 0. The van der Waals surface area contributed by atoms with E-state index in [0.717, 1.165) is 80.9 Å². The Kier molecular flexibility index (Phi) is 9.94. The molecule has 0 N–H and O–H groups in total. The first-order chi connectivity index (χ1) is 18.9. The highest BCUT2D eigenvalue weighted by atomic mass is 16.7. The molecule has 206 valence electrons. The fraction of sp³-hybridized carbons (Fsp3) is 0.467. The minimum Gasteiger partial charge on any atom is -0.318 e. The maximum atomic E-state index is 12.6. The molecular weight excluding hydrogens is 498 g/mol. The predicted octanol–water partition coefficient (Wildman–Crippen LogP) is 6.98. The lowest BCUT2D eigenvalue weighted by Crippen LogP contribution is -2.20. The molecule has 0 saturated heterocycles. The summed E-state index contributed by atoms with van der Waals surface area (Å²) in [7, 11) is 0. The van der Waals surface area contributed by atoms with Crippen LogP contribution in [0.4, 0.5) is 5.69 Å². The van der Waals surface area contributed by atoms with Gasteiger partial charge in [-0.25, -0.2) is 9.59 Å². The number of oxime groups is 2. The van der Waals surface area contributed by atoms with E-state index in [2.05, 4.69) is 10.3 Å². The molecule has 0 aromatic heterocycles. The zero-order valence-corrected chi connectivity index (χ0v) is 22.3. The summed E-state index contributed by atoms with van der Waals surface area (Å²) in [5, 5.41) is 19.2. The van der Waals surface area contributed by atoms with Crippen LogP contribution in [0, 0.1) is 22.0 Å². The van der Waals surface area contributed by atoms with Crippen LogP contribution in [-0.4, -0.2) is 28.3 Å². The average Bonchev–Trinajstić information content (AvgIpc) is 2.99. The van der Waals surface area contributed by atoms with Gasteiger partial charge in [0.1, 0.15) is 0 Å². The van der Waals surface area contributed by atoms with Gasteiger partial charge in [0.15, 0.2) is 0 Å². The van der Waals surface area contributed by atoms with Crippen LogP contribution < -0.4 is 0 Å². The van der Waals surface area contributed by atoms with Crippen LogP contribution in [0.25, 0.3) is 11.1 Å². The number of non-ortho nitro benzene ring substituents is 1. The first-order valence-electron chi connectivity index (χ1n) is 13.8. The summed E-state index contributed by atoms with van der Waals surface area (Å²) in [5.74, 6) is -0.872. The van der Waals surface area contributed by atoms with E-state index in [0.29, 0.717) is 11.4 Å². The normalized spacial score (nSPS) is 17.5. The van der Waals surface area contributed by atoms with Crippen molar-refractivity contribution in [3.05, 3.63) is 64.2 Å². The molecule has 0 heterocycles. The Morgan fingerprint density at radius 2 is 1.23 bits per heavy atom. The fourth-order valence-corrected chi connectivity index (χ4v) is 5.14. The van der Waals surface area contributed by atoms with Crippen molar-refractivity contribution in [3.8, 4) is 11.1 Å². The number of rotatable bonds is 9. The largest absolute Gasteiger partial charge is 0.338 e.